The van der Waals surface area contributed by atoms with Crippen LogP contribution in [0.1, 0.15) is 18.9 Å². The molecule has 1 aromatic rings. The van der Waals surface area contributed by atoms with Crippen LogP contribution in [0.15, 0.2) is 24.3 Å². The van der Waals surface area contributed by atoms with Gasteiger partial charge in [-0.15, -0.1) is 0 Å². The van der Waals surface area contributed by atoms with Crippen molar-refractivity contribution in [3.8, 4) is 0 Å². The number of carbonyl (C=O) groups is 2. The fourth-order valence-corrected chi connectivity index (χ4v) is 1.74. The number of carbonyl (C=O) groups excluding carboxylic acids is 2. The largest absolute Gasteiger partial charge is 0.348 e. The van der Waals surface area contributed by atoms with Gasteiger partial charge < -0.3 is 15.5 Å². The number of hydrogen-bond donors (Lipinski definition) is 3. The predicted molar refractivity (Wildman–Crippen MR) is 79.8 cm³/mol. The number of hydrogen-bond acceptors (Lipinski definition) is 2. The lowest BCUT2D eigenvalue weighted by molar-refractivity contribution is -0.858. The Morgan fingerprint density at radius 1 is 1.10 bits per heavy atom. The Kier molecular flexibility index (Phi) is 6.73. The lowest BCUT2D eigenvalue weighted by Gasteiger charge is -2.08. The van der Waals surface area contributed by atoms with E-state index in [-0.39, 0.29) is 0 Å². The summed E-state index contributed by atoms with van der Waals surface area (Å²) in [5.41, 5.74) is 1.83. The molecule has 1 rings (SSSR count). The zero-order valence-electron chi connectivity index (χ0n) is 12.5. The zero-order chi connectivity index (χ0) is 15.0. The Labute approximate surface area is 120 Å². The highest BCUT2D eigenvalue weighted by atomic mass is 16.2. The molecular formula is C15H24N3O2+. The Morgan fingerprint density at radius 2 is 1.75 bits per heavy atom. The van der Waals surface area contributed by atoms with Crippen LogP contribution in [0.2, 0.25) is 0 Å². The molecule has 0 saturated carbocycles. The van der Waals surface area contributed by atoms with E-state index in [0.29, 0.717) is 12.2 Å². The van der Waals surface area contributed by atoms with E-state index in [9.17, 15) is 9.59 Å². The number of quaternary nitrogens is 1. The molecular weight excluding hydrogens is 254 g/mol. The van der Waals surface area contributed by atoms with Crippen LogP contribution < -0.4 is 15.5 Å². The van der Waals surface area contributed by atoms with Crippen molar-refractivity contribution >= 4 is 17.5 Å². The molecule has 0 aliphatic carbocycles. The Bertz CT molecular complexity index is 441. The van der Waals surface area contributed by atoms with E-state index in [1.54, 1.807) is 12.1 Å². The second-order valence-corrected chi connectivity index (χ2v) is 5.07. The standard InChI is InChI=1S/C15H23N3O2/c1-4-12-6-8-13(9-7-12)17-15(20)14(19)16-10-5-11-18(2)3/h6-9H,4-5,10-11H2,1-3H3,(H,16,19)(H,17,20)/p+1. The molecule has 3 N–H and O–H groups in total. The first-order valence-electron chi connectivity index (χ1n) is 7.00. The molecule has 5 heteroatoms. The van der Waals surface area contributed by atoms with E-state index in [0.717, 1.165) is 19.4 Å². The van der Waals surface area contributed by atoms with Gasteiger partial charge in [-0.25, -0.2) is 0 Å². The molecule has 0 aromatic heterocycles. The average molecular weight is 278 g/mol. The molecule has 1 aromatic carbocycles. The summed E-state index contributed by atoms with van der Waals surface area (Å²) < 4.78 is 0. The van der Waals surface area contributed by atoms with Crippen LogP contribution in [0.25, 0.3) is 0 Å². The number of rotatable bonds is 6. The van der Waals surface area contributed by atoms with Gasteiger partial charge in [0.15, 0.2) is 0 Å². The van der Waals surface area contributed by atoms with E-state index in [1.165, 1.54) is 10.5 Å². The van der Waals surface area contributed by atoms with E-state index in [4.69, 9.17) is 0 Å². The van der Waals surface area contributed by atoms with Crippen LogP contribution in [0.5, 0.6) is 0 Å². The Hall–Kier alpha value is -1.88. The monoisotopic (exact) mass is 278 g/mol. The summed E-state index contributed by atoms with van der Waals surface area (Å²) in [5, 5.41) is 5.20. The van der Waals surface area contributed by atoms with Crippen LogP contribution in [-0.2, 0) is 16.0 Å². The first-order chi connectivity index (χ1) is 9.52. The zero-order valence-corrected chi connectivity index (χ0v) is 12.5. The minimum atomic E-state index is -0.619. The summed E-state index contributed by atoms with van der Waals surface area (Å²) in [5.74, 6) is -1.20. The molecule has 0 fully saturated rings. The van der Waals surface area contributed by atoms with Gasteiger partial charge in [-0.1, -0.05) is 19.1 Å². The number of benzene rings is 1. The summed E-state index contributed by atoms with van der Waals surface area (Å²) >= 11 is 0. The molecule has 0 atom stereocenters. The molecule has 20 heavy (non-hydrogen) atoms. The minimum absolute atomic E-state index is 0.520. The van der Waals surface area contributed by atoms with Gasteiger partial charge in [-0.2, -0.15) is 0 Å². The molecule has 0 aliphatic heterocycles. The highest BCUT2D eigenvalue weighted by Crippen LogP contribution is 2.09. The molecule has 0 saturated heterocycles. The van der Waals surface area contributed by atoms with Gasteiger partial charge in [-0.05, 0) is 24.1 Å². The van der Waals surface area contributed by atoms with E-state index >= 15 is 0 Å². The molecule has 0 bridgehead atoms. The Balaban J connectivity index is 2.35. The van der Waals surface area contributed by atoms with Crippen LogP contribution in [0, 0.1) is 0 Å². The molecule has 5 nitrogen and oxygen atoms in total. The summed E-state index contributed by atoms with van der Waals surface area (Å²) in [4.78, 5) is 24.6. The second-order valence-electron chi connectivity index (χ2n) is 5.07. The quantitative estimate of drug-likeness (QED) is 0.500. The second kappa shape index (κ2) is 8.32. The van der Waals surface area contributed by atoms with Crippen LogP contribution in [0.3, 0.4) is 0 Å². The van der Waals surface area contributed by atoms with Gasteiger partial charge in [0.25, 0.3) is 0 Å². The van der Waals surface area contributed by atoms with Crippen molar-refractivity contribution in [2.75, 3.05) is 32.5 Å². The fourth-order valence-electron chi connectivity index (χ4n) is 1.74. The summed E-state index contributed by atoms with van der Waals surface area (Å²) in [6.07, 6.45) is 1.80. The van der Waals surface area contributed by atoms with Crippen LogP contribution >= 0.6 is 0 Å². The van der Waals surface area contributed by atoms with Crippen molar-refractivity contribution in [1.82, 2.24) is 5.32 Å². The van der Waals surface area contributed by atoms with E-state index < -0.39 is 11.8 Å². The van der Waals surface area contributed by atoms with Gasteiger partial charge in [-0.3, -0.25) is 9.59 Å². The predicted octanol–water partition coefficient (Wildman–Crippen LogP) is -0.162. The maximum atomic E-state index is 11.7. The number of nitrogens with one attached hydrogen (secondary N) is 3. The third-order valence-electron chi connectivity index (χ3n) is 2.97. The van der Waals surface area contributed by atoms with Crippen molar-refractivity contribution in [2.24, 2.45) is 0 Å². The van der Waals surface area contributed by atoms with Gasteiger partial charge >= 0.3 is 11.8 Å². The van der Waals surface area contributed by atoms with E-state index in [2.05, 4.69) is 31.7 Å². The summed E-state index contributed by atoms with van der Waals surface area (Å²) in [6, 6.07) is 7.49. The lowest BCUT2D eigenvalue weighted by Crippen LogP contribution is -3.05. The molecule has 0 heterocycles. The number of aryl methyl sites for hydroxylation is 1. The molecule has 0 spiro atoms. The van der Waals surface area contributed by atoms with Crippen LogP contribution in [-0.4, -0.2) is 39.0 Å². The minimum Gasteiger partial charge on any atom is -0.348 e. The van der Waals surface area contributed by atoms with Crippen molar-refractivity contribution in [3.63, 3.8) is 0 Å². The third kappa shape index (κ3) is 5.84. The summed E-state index contributed by atoms with van der Waals surface area (Å²) in [7, 11) is 4.10. The molecule has 0 radical (unpaired) electrons. The van der Waals surface area contributed by atoms with Crippen molar-refractivity contribution in [2.45, 2.75) is 19.8 Å². The maximum absolute atomic E-state index is 11.7. The average Bonchev–Trinajstić information content (AvgIpc) is 2.44. The van der Waals surface area contributed by atoms with Crippen molar-refractivity contribution in [3.05, 3.63) is 29.8 Å². The van der Waals surface area contributed by atoms with Crippen molar-refractivity contribution in [1.29, 1.82) is 0 Å². The highest BCUT2D eigenvalue weighted by molar-refractivity contribution is 6.39. The van der Waals surface area contributed by atoms with Crippen molar-refractivity contribution < 1.29 is 14.5 Å². The van der Waals surface area contributed by atoms with Gasteiger partial charge in [0, 0.05) is 18.7 Å². The topological polar surface area (TPSA) is 62.6 Å². The van der Waals surface area contributed by atoms with Gasteiger partial charge in [0.1, 0.15) is 0 Å². The Morgan fingerprint density at radius 3 is 2.30 bits per heavy atom. The van der Waals surface area contributed by atoms with Gasteiger partial charge in [0.05, 0.1) is 20.6 Å². The fraction of sp³-hybridized carbons (Fsp3) is 0.467. The summed E-state index contributed by atoms with van der Waals surface area (Å²) in [6.45, 7) is 3.54. The maximum Gasteiger partial charge on any atom is 0.313 e. The highest BCUT2D eigenvalue weighted by Gasteiger charge is 2.12. The third-order valence-corrected chi connectivity index (χ3v) is 2.97. The number of amides is 2. The molecule has 0 unspecified atom stereocenters. The van der Waals surface area contributed by atoms with E-state index in [1.807, 2.05) is 12.1 Å². The smallest absolute Gasteiger partial charge is 0.313 e. The van der Waals surface area contributed by atoms with Crippen LogP contribution in [0.4, 0.5) is 5.69 Å². The number of anilines is 1. The SMILES string of the molecule is CCc1ccc(NC(=O)C(=O)NCCC[NH+](C)C)cc1. The lowest BCUT2D eigenvalue weighted by atomic mass is 10.1. The first kappa shape index (κ1) is 16.2. The molecule has 0 aliphatic rings. The molecule has 110 valence electrons. The molecule has 2 amide bonds. The first-order valence-corrected chi connectivity index (χ1v) is 7.00. The normalized spacial score (nSPS) is 10.4. The van der Waals surface area contributed by atoms with Gasteiger partial charge in [0.2, 0.25) is 0 Å².